The average Bonchev–Trinajstić information content (AvgIpc) is 2.80. The van der Waals surface area contributed by atoms with E-state index in [2.05, 4.69) is 20.9 Å². The normalized spacial score (nSPS) is 14.8. The van der Waals surface area contributed by atoms with Crippen molar-refractivity contribution in [2.45, 2.75) is 82.1 Å². The lowest BCUT2D eigenvalue weighted by Crippen LogP contribution is -2.59. The van der Waals surface area contributed by atoms with Crippen molar-refractivity contribution in [2.24, 2.45) is 27.9 Å². The monoisotopic (exact) mass is 532 g/mol. The second-order valence-corrected chi connectivity index (χ2v) is 8.46. The van der Waals surface area contributed by atoms with Crippen LogP contribution in [0.4, 0.5) is 0 Å². The van der Waals surface area contributed by atoms with Crippen LogP contribution in [0.2, 0.25) is 0 Å². The minimum absolute atomic E-state index is 0.0430. The predicted molar refractivity (Wildman–Crippen MR) is 133 cm³/mol. The Morgan fingerprint density at radius 2 is 1.46 bits per heavy atom. The highest BCUT2D eigenvalue weighted by atomic mass is 16.4. The summed E-state index contributed by atoms with van der Waals surface area (Å²) in [4.78, 5) is 64.2. The first-order valence-corrected chi connectivity index (χ1v) is 11.8. The van der Waals surface area contributed by atoms with E-state index in [9.17, 15) is 34.2 Å². The molecule has 0 saturated heterocycles. The number of unbranched alkanes of at least 4 members (excludes halogenated alkanes) is 1. The molecular weight excluding hydrogens is 492 g/mol. The van der Waals surface area contributed by atoms with Crippen LogP contribution in [0.1, 0.15) is 51.9 Å². The van der Waals surface area contributed by atoms with Gasteiger partial charge in [0.2, 0.25) is 17.7 Å². The fraction of sp³-hybridized carbons (Fsp3) is 0.714. The zero-order valence-corrected chi connectivity index (χ0v) is 20.9. The highest BCUT2D eigenvalue weighted by molar-refractivity contribution is 5.94. The van der Waals surface area contributed by atoms with E-state index in [4.69, 9.17) is 28.0 Å². The summed E-state index contributed by atoms with van der Waals surface area (Å²) in [5, 5.41) is 35.2. The molecule has 5 unspecified atom stereocenters. The molecule has 3 amide bonds. The summed E-state index contributed by atoms with van der Waals surface area (Å²) in [6, 6.07) is -5.27. The Morgan fingerprint density at radius 3 is 1.97 bits per heavy atom. The Bertz CT molecular complexity index is 803. The fourth-order valence-electron chi connectivity index (χ4n) is 3.14. The minimum Gasteiger partial charge on any atom is -0.481 e. The summed E-state index contributed by atoms with van der Waals surface area (Å²) in [6.45, 7) is 1.78. The summed E-state index contributed by atoms with van der Waals surface area (Å²) in [7, 11) is 0. The van der Waals surface area contributed by atoms with Gasteiger partial charge in [0.15, 0.2) is 5.96 Å². The number of hydrogen-bond donors (Lipinski definition) is 10. The molecule has 0 aliphatic carbocycles. The summed E-state index contributed by atoms with van der Waals surface area (Å²) < 4.78 is 0. The van der Waals surface area contributed by atoms with E-state index in [-0.39, 0.29) is 31.8 Å². The second-order valence-electron chi connectivity index (χ2n) is 8.46. The average molecular weight is 533 g/mol. The van der Waals surface area contributed by atoms with Gasteiger partial charge in [-0.1, -0.05) is 6.42 Å². The standard InChI is InChI=1S/C21H40N8O8/c1-11(30)16(29-17(33)12(23)5-2-3-9-22)19(35)27-13(6-4-10-26-21(24)25)18(34)28-14(20(36)37)7-8-15(31)32/h11-14,16,30H,2-10,22-23H2,1H3,(H,27,35)(H,28,34)(H,29,33)(H,31,32)(H,36,37)(H4,24,25,26). The van der Waals surface area contributed by atoms with Gasteiger partial charge in [-0.3, -0.25) is 24.2 Å². The van der Waals surface area contributed by atoms with Gasteiger partial charge in [-0.25, -0.2) is 4.79 Å². The zero-order valence-electron chi connectivity index (χ0n) is 20.9. The van der Waals surface area contributed by atoms with Gasteiger partial charge in [0.25, 0.3) is 0 Å². The quantitative estimate of drug-likeness (QED) is 0.0436. The molecule has 0 heterocycles. The number of aliphatic imine (C=N–C) groups is 1. The molecule has 0 radical (unpaired) electrons. The molecule has 0 aromatic carbocycles. The maximum absolute atomic E-state index is 12.9. The fourth-order valence-corrected chi connectivity index (χ4v) is 3.14. The number of aliphatic hydroxyl groups excluding tert-OH is 1. The van der Waals surface area contributed by atoms with Crippen LogP contribution in [0.3, 0.4) is 0 Å². The van der Waals surface area contributed by atoms with Gasteiger partial charge < -0.3 is 54.2 Å². The number of carbonyl (C=O) groups is 5. The van der Waals surface area contributed by atoms with E-state index >= 15 is 0 Å². The van der Waals surface area contributed by atoms with Crippen LogP contribution in [0.25, 0.3) is 0 Å². The highest BCUT2D eigenvalue weighted by Gasteiger charge is 2.32. The van der Waals surface area contributed by atoms with Crippen LogP contribution < -0.4 is 38.9 Å². The number of nitrogens with two attached hydrogens (primary N) is 4. The Labute approximate surface area is 214 Å². The van der Waals surface area contributed by atoms with Crippen molar-refractivity contribution in [1.29, 1.82) is 0 Å². The Kier molecular flexibility index (Phi) is 16.2. The molecule has 37 heavy (non-hydrogen) atoms. The maximum atomic E-state index is 12.9. The smallest absolute Gasteiger partial charge is 0.326 e. The Morgan fingerprint density at radius 1 is 0.838 bits per heavy atom. The molecule has 14 N–H and O–H groups in total. The number of nitrogens with zero attached hydrogens (tertiary/aromatic N) is 1. The van der Waals surface area contributed by atoms with Gasteiger partial charge in [0.05, 0.1) is 12.1 Å². The van der Waals surface area contributed by atoms with E-state index in [0.717, 1.165) is 0 Å². The third-order valence-electron chi connectivity index (χ3n) is 5.21. The number of carboxylic acids is 2. The number of carboxylic acid groups (broad SMARTS) is 2. The number of hydrogen-bond acceptors (Lipinski definition) is 9. The molecule has 0 aliphatic rings. The number of nitrogens with one attached hydrogen (secondary N) is 3. The number of aliphatic hydroxyl groups is 1. The molecule has 0 saturated carbocycles. The number of rotatable bonds is 19. The largest absolute Gasteiger partial charge is 0.481 e. The minimum atomic E-state index is -1.53. The summed E-state index contributed by atoms with van der Waals surface area (Å²) in [5.41, 5.74) is 21.8. The van der Waals surface area contributed by atoms with Gasteiger partial charge in [-0.2, -0.15) is 0 Å². The summed E-state index contributed by atoms with van der Waals surface area (Å²) in [5.74, 6) is -5.42. The van der Waals surface area contributed by atoms with Crippen molar-refractivity contribution in [1.82, 2.24) is 16.0 Å². The highest BCUT2D eigenvalue weighted by Crippen LogP contribution is 2.06. The lowest BCUT2D eigenvalue weighted by molar-refractivity contribution is -0.143. The molecule has 0 rings (SSSR count). The molecule has 16 nitrogen and oxygen atoms in total. The first-order chi connectivity index (χ1) is 17.3. The van der Waals surface area contributed by atoms with Crippen LogP contribution in [-0.4, -0.2) is 94.3 Å². The van der Waals surface area contributed by atoms with Crippen molar-refractivity contribution in [2.75, 3.05) is 13.1 Å². The Hall–Kier alpha value is -3.50. The molecule has 0 aromatic heterocycles. The SMILES string of the molecule is CC(O)C(NC(=O)C(N)CCCCN)C(=O)NC(CCCN=C(N)N)C(=O)NC(CCC(=O)O)C(=O)O. The van der Waals surface area contributed by atoms with E-state index < -0.39 is 66.4 Å². The van der Waals surface area contributed by atoms with Crippen LogP contribution in [0.5, 0.6) is 0 Å². The number of amides is 3. The first kappa shape index (κ1) is 33.5. The molecule has 0 spiro atoms. The van der Waals surface area contributed by atoms with Gasteiger partial charge >= 0.3 is 11.9 Å². The molecule has 0 aromatic rings. The van der Waals surface area contributed by atoms with Crippen molar-refractivity contribution in [3.8, 4) is 0 Å². The van der Waals surface area contributed by atoms with E-state index in [1.165, 1.54) is 6.92 Å². The number of aliphatic carboxylic acids is 2. The zero-order chi connectivity index (χ0) is 28.5. The molecule has 16 heteroatoms. The van der Waals surface area contributed by atoms with Gasteiger partial charge in [0, 0.05) is 13.0 Å². The van der Waals surface area contributed by atoms with Crippen molar-refractivity contribution >= 4 is 35.6 Å². The maximum Gasteiger partial charge on any atom is 0.326 e. The Balaban J connectivity index is 5.52. The van der Waals surface area contributed by atoms with Gasteiger partial charge in [-0.05, 0) is 45.6 Å². The van der Waals surface area contributed by atoms with Gasteiger partial charge in [-0.15, -0.1) is 0 Å². The lowest BCUT2D eigenvalue weighted by Gasteiger charge is -2.26. The number of carbonyl (C=O) groups excluding carboxylic acids is 3. The summed E-state index contributed by atoms with van der Waals surface area (Å²) >= 11 is 0. The van der Waals surface area contributed by atoms with E-state index in [1.54, 1.807) is 0 Å². The first-order valence-electron chi connectivity index (χ1n) is 11.8. The van der Waals surface area contributed by atoms with Crippen LogP contribution in [0, 0.1) is 0 Å². The third kappa shape index (κ3) is 14.6. The molecular formula is C21H40N8O8. The molecule has 0 bridgehead atoms. The third-order valence-corrected chi connectivity index (χ3v) is 5.21. The predicted octanol–water partition coefficient (Wildman–Crippen LogP) is -3.72. The van der Waals surface area contributed by atoms with Crippen molar-refractivity contribution in [3.05, 3.63) is 0 Å². The molecule has 212 valence electrons. The molecule has 5 atom stereocenters. The van der Waals surface area contributed by atoms with Crippen molar-refractivity contribution in [3.63, 3.8) is 0 Å². The summed E-state index contributed by atoms with van der Waals surface area (Å²) in [6.07, 6.45) is -0.574. The van der Waals surface area contributed by atoms with E-state index in [1.807, 2.05) is 0 Å². The van der Waals surface area contributed by atoms with Gasteiger partial charge in [0.1, 0.15) is 18.1 Å². The second kappa shape index (κ2) is 17.9. The lowest BCUT2D eigenvalue weighted by atomic mass is 10.1. The topological polar surface area (TPSA) is 299 Å². The molecule has 0 fully saturated rings. The van der Waals surface area contributed by atoms with Crippen molar-refractivity contribution < 1.29 is 39.3 Å². The van der Waals surface area contributed by atoms with Crippen LogP contribution in [-0.2, 0) is 24.0 Å². The van der Waals surface area contributed by atoms with Crippen LogP contribution >= 0.6 is 0 Å². The van der Waals surface area contributed by atoms with E-state index in [0.29, 0.717) is 25.8 Å². The van der Waals surface area contributed by atoms with Crippen LogP contribution in [0.15, 0.2) is 4.99 Å². The number of guanidine groups is 1. The molecule has 0 aliphatic heterocycles.